The third-order valence-corrected chi connectivity index (χ3v) is 4.17. The number of piperidine rings is 1. The van der Waals surface area contributed by atoms with Crippen molar-refractivity contribution in [1.82, 2.24) is 10.2 Å². The molecule has 0 radical (unpaired) electrons. The van der Waals surface area contributed by atoms with Crippen LogP contribution < -0.4 is 4.90 Å². The minimum atomic E-state index is 0.558. The summed E-state index contributed by atoms with van der Waals surface area (Å²) >= 11 is 3.50. The van der Waals surface area contributed by atoms with Gasteiger partial charge in [-0.05, 0) is 44.4 Å². The molecule has 1 atom stereocenters. The fourth-order valence-corrected chi connectivity index (χ4v) is 3.05. The number of fused-ring (bicyclic) bond motifs is 1. The molecule has 0 bridgehead atoms. The fourth-order valence-electron chi connectivity index (χ4n) is 2.67. The van der Waals surface area contributed by atoms with Crippen molar-refractivity contribution in [3.8, 4) is 0 Å². The highest BCUT2D eigenvalue weighted by Crippen LogP contribution is 2.30. The summed E-state index contributed by atoms with van der Waals surface area (Å²) in [6.45, 7) is 3.36. The molecule has 0 saturated carbocycles. The van der Waals surface area contributed by atoms with Crippen LogP contribution in [0.15, 0.2) is 28.9 Å². The first kappa shape index (κ1) is 11.9. The van der Waals surface area contributed by atoms with Crippen LogP contribution in [0.1, 0.15) is 26.2 Å². The van der Waals surface area contributed by atoms with Gasteiger partial charge in [-0.3, -0.25) is 0 Å². The number of rotatable bonds is 1. The number of hydrogen-bond acceptors (Lipinski definition) is 3. The van der Waals surface area contributed by atoms with Crippen molar-refractivity contribution >= 4 is 32.5 Å². The van der Waals surface area contributed by atoms with E-state index < -0.39 is 0 Å². The summed E-state index contributed by atoms with van der Waals surface area (Å²) in [4.78, 5) is 2.40. The Hall–Kier alpha value is -1.16. The topological polar surface area (TPSA) is 29.0 Å². The summed E-state index contributed by atoms with van der Waals surface area (Å²) in [6, 6.07) is 6.86. The average Bonchev–Trinajstić information content (AvgIpc) is 2.38. The molecule has 1 aromatic carbocycles. The van der Waals surface area contributed by atoms with E-state index in [1.165, 1.54) is 24.6 Å². The maximum Gasteiger partial charge on any atom is 0.159 e. The molecule has 94 valence electrons. The van der Waals surface area contributed by atoms with Crippen LogP contribution in [0.5, 0.6) is 0 Å². The number of anilines is 1. The predicted molar refractivity (Wildman–Crippen MR) is 77.9 cm³/mol. The second-order valence-electron chi connectivity index (χ2n) is 4.94. The van der Waals surface area contributed by atoms with E-state index in [9.17, 15) is 0 Å². The van der Waals surface area contributed by atoms with Gasteiger partial charge in [-0.25, -0.2) is 0 Å². The number of aromatic nitrogens is 2. The Balaban J connectivity index is 2.10. The summed E-state index contributed by atoms with van der Waals surface area (Å²) in [6.07, 6.45) is 5.65. The van der Waals surface area contributed by atoms with Crippen molar-refractivity contribution in [1.29, 1.82) is 0 Å². The predicted octanol–water partition coefficient (Wildman–Crippen LogP) is 3.77. The molecule has 0 amide bonds. The maximum atomic E-state index is 4.37. The van der Waals surface area contributed by atoms with E-state index in [-0.39, 0.29) is 0 Å². The molecule has 0 spiro atoms. The van der Waals surface area contributed by atoms with Crippen molar-refractivity contribution in [2.24, 2.45) is 0 Å². The first-order chi connectivity index (χ1) is 8.75. The van der Waals surface area contributed by atoms with Crippen LogP contribution in [0.4, 0.5) is 5.82 Å². The summed E-state index contributed by atoms with van der Waals surface area (Å²) in [5.41, 5.74) is 0. The van der Waals surface area contributed by atoms with Gasteiger partial charge in [0.2, 0.25) is 0 Å². The van der Waals surface area contributed by atoms with E-state index in [0.29, 0.717) is 6.04 Å². The molecule has 2 heterocycles. The molecule has 0 aliphatic carbocycles. The molecule has 0 unspecified atom stereocenters. The average molecular weight is 306 g/mol. The molecule has 0 N–H and O–H groups in total. The van der Waals surface area contributed by atoms with Crippen LogP contribution in [-0.4, -0.2) is 22.8 Å². The lowest BCUT2D eigenvalue weighted by atomic mass is 10.0. The van der Waals surface area contributed by atoms with Gasteiger partial charge in [0, 0.05) is 27.8 Å². The lowest BCUT2D eigenvalue weighted by molar-refractivity contribution is 0.481. The van der Waals surface area contributed by atoms with E-state index >= 15 is 0 Å². The Morgan fingerprint density at radius 3 is 3.06 bits per heavy atom. The summed E-state index contributed by atoms with van der Waals surface area (Å²) in [7, 11) is 0. The van der Waals surface area contributed by atoms with E-state index in [2.05, 4.69) is 56.2 Å². The molecule has 1 aromatic heterocycles. The fraction of sp³-hybridized carbons (Fsp3) is 0.429. The standard InChI is InChI=1S/C14H16BrN3/c1-10-4-2-3-7-18(10)14-13-6-5-12(15)8-11(13)9-16-17-14/h5-6,8-10H,2-4,7H2,1H3/t10-/m0/s1. The van der Waals surface area contributed by atoms with Gasteiger partial charge >= 0.3 is 0 Å². The molecule has 3 nitrogen and oxygen atoms in total. The first-order valence-corrected chi connectivity index (χ1v) is 7.22. The van der Waals surface area contributed by atoms with Crippen LogP contribution in [-0.2, 0) is 0 Å². The van der Waals surface area contributed by atoms with Crippen LogP contribution >= 0.6 is 15.9 Å². The normalized spacial score (nSPS) is 20.3. The summed E-state index contributed by atoms with van der Waals surface area (Å²) in [5.74, 6) is 1.03. The Morgan fingerprint density at radius 1 is 1.33 bits per heavy atom. The first-order valence-electron chi connectivity index (χ1n) is 6.43. The molecular formula is C14H16BrN3. The molecule has 1 saturated heterocycles. The Morgan fingerprint density at radius 2 is 2.22 bits per heavy atom. The summed E-state index contributed by atoms with van der Waals surface area (Å²) in [5, 5.41) is 10.9. The van der Waals surface area contributed by atoms with E-state index in [1.807, 2.05) is 6.20 Å². The quantitative estimate of drug-likeness (QED) is 0.803. The summed E-state index contributed by atoms with van der Waals surface area (Å²) < 4.78 is 1.08. The van der Waals surface area contributed by atoms with Crippen LogP contribution in [0, 0.1) is 0 Å². The Labute approximate surface area is 115 Å². The zero-order valence-corrected chi connectivity index (χ0v) is 12.0. The minimum Gasteiger partial charge on any atom is -0.352 e. The van der Waals surface area contributed by atoms with Crippen molar-refractivity contribution in [2.45, 2.75) is 32.2 Å². The zero-order valence-electron chi connectivity index (χ0n) is 10.4. The number of halogens is 1. The Bertz CT molecular complexity index is 570. The molecule has 1 aliphatic heterocycles. The van der Waals surface area contributed by atoms with Gasteiger partial charge in [0.05, 0.1) is 6.20 Å². The largest absolute Gasteiger partial charge is 0.352 e. The van der Waals surface area contributed by atoms with Crippen LogP contribution in [0.2, 0.25) is 0 Å². The molecular weight excluding hydrogens is 290 g/mol. The number of hydrogen-bond donors (Lipinski definition) is 0. The van der Waals surface area contributed by atoms with Gasteiger partial charge in [-0.2, -0.15) is 5.10 Å². The van der Waals surface area contributed by atoms with Crippen LogP contribution in [0.3, 0.4) is 0 Å². The molecule has 18 heavy (non-hydrogen) atoms. The van der Waals surface area contributed by atoms with Gasteiger partial charge in [0.15, 0.2) is 5.82 Å². The van der Waals surface area contributed by atoms with E-state index in [1.54, 1.807) is 0 Å². The van der Waals surface area contributed by atoms with E-state index in [0.717, 1.165) is 22.2 Å². The van der Waals surface area contributed by atoms with Gasteiger partial charge < -0.3 is 4.90 Å². The molecule has 4 heteroatoms. The van der Waals surface area contributed by atoms with Gasteiger partial charge in [-0.15, -0.1) is 5.10 Å². The molecule has 3 rings (SSSR count). The van der Waals surface area contributed by atoms with Crippen molar-refractivity contribution < 1.29 is 0 Å². The molecule has 1 fully saturated rings. The zero-order chi connectivity index (χ0) is 12.5. The van der Waals surface area contributed by atoms with Crippen LogP contribution in [0.25, 0.3) is 10.8 Å². The highest BCUT2D eigenvalue weighted by atomic mass is 79.9. The second kappa shape index (κ2) is 4.84. The third-order valence-electron chi connectivity index (χ3n) is 3.68. The second-order valence-corrected chi connectivity index (χ2v) is 5.85. The van der Waals surface area contributed by atoms with Crippen molar-refractivity contribution in [3.63, 3.8) is 0 Å². The highest BCUT2D eigenvalue weighted by Gasteiger charge is 2.21. The maximum absolute atomic E-state index is 4.37. The number of nitrogens with zero attached hydrogens (tertiary/aromatic N) is 3. The lowest BCUT2D eigenvalue weighted by Crippen LogP contribution is -2.38. The smallest absolute Gasteiger partial charge is 0.159 e. The van der Waals surface area contributed by atoms with Crippen molar-refractivity contribution in [2.75, 3.05) is 11.4 Å². The highest BCUT2D eigenvalue weighted by molar-refractivity contribution is 9.10. The minimum absolute atomic E-state index is 0.558. The number of benzene rings is 1. The van der Waals surface area contributed by atoms with Gasteiger partial charge in [-0.1, -0.05) is 15.9 Å². The monoisotopic (exact) mass is 305 g/mol. The third kappa shape index (κ3) is 2.09. The Kier molecular flexibility index (Phi) is 3.20. The van der Waals surface area contributed by atoms with E-state index in [4.69, 9.17) is 0 Å². The van der Waals surface area contributed by atoms with Gasteiger partial charge in [0.1, 0.15) is 0 Å². The molecule has 2 aromatic rings. The SMILES string of the molecule is C[C@H]1CCCCN1c1nncc2cc(Br)ccc12. The van der Waals surface area contributed by atoms with Crippen molar-refractivity contribution in [3.05, 3.63) is 28.9 Å². The lowest BCUT2D eigenvalue weighted by Gasteiger charge is -2.34. The van der Waals surface area contributed by atoms with Gasteiger partial charge in [0.25, 0.3) is 0 Å². The molecule has 1 aliphatic rings.